The molecule has 0 spiro atoms. The summed E-state index contributed by atoms with van der Waals surface area (Å²) in [7, 11) is 0. The molecular weight excluding hydrogens is 330 g/mol. The van der Waals surface area contributed by atoms with E-state index in [1.54, 1.807) is 18.2 Å². The summed E-state index contributed by atoms with van der Waals surface area (Å²) in [6.45, 7) is 2.24. The fourth-order valence-electron chi connectivity index (χ4n) is 3.11. The summed E-state index contributed by atoms with van der Waals surface area (Å²) in [5.74, 6) is 0. The molecule has 0 fully saturated rings. The number of benzene rings is 1. The Balaban J connectivity index is 1.76. The Morgan fingerprint density at radius 2 is 1.54 bits per heavy atom. The first-order valence-electron chi connectivity index (χ1n) is 9.67. The van der Waals surface area contributed by atoms with Crippen LogP contribution in [0.15, 0.2) is 35.1 Å². The Kier molecular flexibility index (Phi) is 8.12. The van der Waals surface area contributed by atoms with Crippen molar-refractivity contribution >= 4 is 5.69 Å². The average Bonchev–Trinajstić information content (AvgIpc) is 3.01. The second kappa shape index (κ2) is 10.6. The maximum absolute atomic E-state index is 12.1. The first-order valence-corrected chi connectivity index (χ1v) is 9.67. The van der Waals surface area contributed by atoms with Gasteiger partial charge in [0.2, 0.25) is 0 Å². The third kappa shape index (κ3) is 6.17. The van der Waals surface area contributed by atoms with Gasteiger partial charge in [0.25, 0.3) is 11.2 Å². The lowest BCUT2D eigenvalue weighted by Crippen LogP contribution is -2.13. The molecule has 1 aromatic carbocycles. The SMILES string of the molecule is CCCCCCCCCCCc1cc(=O)n(-c2ccc([N+](=O)[O-])cc2)[nH]1. The largest absolute Gasteiger partial charge is 0.295 e. The van der Waals surface area contributed by atoms with Crippen molar-refractivity contribution in [1.29, 1.82) is 0 Å². The smallest absolute Gasteiger partial charge is 0.271 e. The van der Waals surface area contributed by atoms with Gasteiger partial charge >= 0.3 is 0 Å². The van der Waals surface area contributed by atoms with Crippen molar-refractivity contribution in [1.82, 2.24) is 9.78 Å². The Morgan fingerprint density at radius 1 is 0.962 bits per heavy atom. The summed E-state index contributed by atoms with van der Waals surface area (Å²) in [5, 5.41) is 13.8. The molecule has 0 aliphatic rings. The number of aromatic amines is 1. The first-order chi connectivity index (χ1) is 12.6. The van der Waals surface area contributed by atoms with Crippen LogP contribution in [0.1, 0.15) is 70.4 Å². The molecule has 0 amide bonds. The lowest BCUT2D eigenvalue weighted by molar-refractivity contribution is -0.384. The van der Waals surface area contributed by atoms with Gasteiger partial charge in [0, 0.05) is 23.9 Å². The third-order valence-electron chi connectivity index (χ3n) is 4.64. The summed E-state index contributed by atoms with van der Waals surface area (Å²) < 4.78 is 1.44. The number of non-ortho nitro benzene ring substituents is 1. The van der Waals surface area contributed by atoms with E-state index in [0.717, 1.165) is 18.5 Å². The van der Waals surface area contributed by atoms with Crippen LogP contribution in [0.5, 0.6) is 0 Å². The van der Waals surface area contributed by atoms with Gasteiger partial charge in [0.05, 0.1) is 10.6 Å². The topological polar surface area (TPSA) is 80.9 Å². The van der Waals surface area contributed by atoms with E-state index in [9.17, 15) is 14.9 Å². The number of hydrogen-bond donors (Lipinski definition) is 1. The van der Waals surface area contributed by atoms with Crippen molar-refractivity contribution in [3.8, 4) is 5.69 Å². The molecule has 1 aromatic heterocycles. The minimum Gasteiger partial charge on any atom is -0.295 e. The van der Waals surface area contributed by atoms with Crippen molar-refractivity contribution in [3.63, 3.8) is 0 Å². The minimum atomic E-state index is -0.448. The fraction of sp³-hybridized carbons (Fsp3) is 0.550. The quantitative estimate of drug-likeness (QED) is 0.323. The lowest BCUT2D eigenvalue weighted by Gasteiger charge is -2.03. The monoisotopic (exact) mass is 359 g/mol. The van der Waals surface area contributed by atoms with Crippen molar-refractivity contribution < 1.29 is 4.92 Å². The number of nitro groups is 1. The highest BCUT2D eigenvalue weighted by Crippen LogP contribution is 2.14. The molecule has 142 valence electrons. The minimum absolute atomic E-state index is 0.0169. The average molecular weight is 359 g/mol. The molecule has 1 heterocycles. The van der Waals surface area contributed by atoms with Crippen LogP contribution in [0.4, 0.5) is 5.69 Å². The van der Waals surface area contributed by atoms with Gasteiger partial charge in [-0.05, 0) is 25.0 Å². The number of hydrogen-bond acceptors (Lipinski definition) is 3. The van der Waals surface area contributed by atoms with Crippen LogP contribution in [-0.2, 0) is 6.42 Å². The number of aromatic nitrogens is 2. The van der Waals surface area contributed by atoms with Crippen LogP contribution < -0.4 is 5.56 Å². The normalized spacial score (nSPS) is 11.0. The molecule has 0 aliphatic heterocycles. The number of aryl methyl sites for hydroxylation is 1. The zero-order chi connectivity index (χ0) is 18.8. The number of nitrogens with one attached hydrogen (secondary N) is 1. The zero-order valence-electron chi connectivity index (χ0n) is 15.6. The molecule has 0 saturated heterocycles. The molecule has 0 atom stereocenters. The molecule has 0 aliphatic carbocycles. The summed E-state index contributed by atoms with van der Waals surface area (Å²) in [6.07, 6.45) is 12.3. The predicted molar refractivity (Wildman–Crippen MR) is 104 cm³/mol. The van der Waals surface area contributed by atoms with Crippen molar-refractivity contribution in [2.45, 2.75) is 71.1 Å². The van der Waals surface area contributed by atoms with E-state index in [4.69, 9.17) is 0 Å². The van der Waals surface area contributed by atoms with E-state index in [0.29, 0.717) is 5.69 Å². The van der Waals surface area contributed by atoms with Gasteiger partial charge in [-0.25, -0.2) is 4.68 Å². The van der Waals surface area contributed by atoms with Gasteiger partial charge in [0.1, 0.15) is 0 Å². The van der Waals surface area contributed by atoms with Gasteiger partial charge in [-0.3, -0.25) is 20.0 Å². The molecule has 6 heteroatoms. The number of nitrogens with zero attached hydrogens (tertiary/aromatic N) is 2. The van der Waals surface area contributed by atoms with Gasteiger partial charge < -0.3 is 0 Å². The Hall–Kier alpha value is -2.37. The predicted octanol–water partition coefficient (Wildman–Crippen LogP) is 5.15. The van der Waals surface area contributed by atoms with Crippen molar-refractivity contribution in [3.05, 3.63) is 56.5 Å². The van der Waals surface area contributed by atoms with Crippen LogP contribution in [0.3, 0.4) is 0 Å². The Morgan fingerprint density at radius 3 is 2.12 bits per heavy atom. The highest BCUT2D eigenvalue weighted by molar-refractivity contribution is 5.40. The molecule has 0 radical (unpaired) electrons. The van der Waals surface area contributed by atoms with E-state index in [1.807, 2.05) is 0 Å². The Labute approximate surface area is 154 Å². The second-order valence-corrected chi connectivity index (χ2v) is 6.81. The zero-order valence-corrected chi connectivity index (χ0v) is 15.6. The van der Waals surface area contributed by atoms with E-state index in [1.165, 1.54) is 68.2 Å². The number of rotatable bonds is 12. The van der Waals surface area contributed by atoms with Crippen molar-refractivity contribution in [2.24, 2.45) is 0 Å². The van der Waals surface area contributed by atoms with Crippen LogP contribution >= 0.6 is 0 Å². The molecule has 26 heavy (non-hydrogen) atoms. The van der Waals surface area contributed by atoms with Crippen molar-refractivity contribution in [2.75, 3.05) is 0 Å². The summed E-state index contributed by atoms with van der Waals surface area (Å²) in [5.41, 5.74) is 1.41. The maximum Gasteiger partial charge on any atom is 0.271 e. The summed E-state index contributed by atoms with van der Waals surface area (Å²) in [4.78, 5) is 22.4. The van der Waals surface area contributed by atoms with E-state index in [-0.39, 0.29) is 11.2 Å². The van der Waals surface area contributed by atoms with Gasteiger partial charge in [-0.15, -0.1) is 0 Å². The van der Waals surface area contributed by atoms with E-state index >= 15 is 0 Å². The molecule has 6 nitrogen and oxygen atoms in total. The standard InChI is InChI=1S/C20H29N3O3/c1-2-3-4-5-6-7-8-9-10-11-17-16-20(24)22(21-17)18-12-14-19(15-13-18)23(25)26/h12-16,21H,2-11H2,1H3. The van der Waals surface area contributed by atoms with E-state index < -0.39 is 4.92 Å². The third-order valence-corrected chi connectivity index (χ3v) is 4.64. The summed E-state index contributed by atoms with van der Waals surface area (Å²) in [6, 6.07) is 7.59. The molecule has 2 aromatic rings. The molecule has 0 saturated carbocycles. The molecular formula is C20H29N3O3. The van der Waals surface area contributed by atoms with Crippen LogP contribution in [0.25, 0.3) is 5.69 Å². The number of nitro benzene ring substituents is 1. The van der Waals surface area contributed by atoms with Gasteiger partial charge in [0.15, 0.2) is 0 Å². The molecule has 2 rings (SSSR count). The van der Waals surface area contributed by atoms with Crippen LogP contribution in [0.2, 0.25) is 0 Å². The second-order valence-electron chi connectivity index (χ2n) is 6.81. The summed E-state index contributed by atoms with van der Waals surface area (Å²) >= 11 is 0. The van der Waals surface area contributed by atoms with Gasteiger partial charge in [-0.1, -0.05) is 58.3 Å². The molecule has 1 N–H and O–H groups in total. The van der Waals surface area contributed by atoms with Crippen LogP contribution in [-0.4, -0.2) is 14.7 Å². The highest BCUT2D eigenvalue weighted by atomic mass is 16.6. The lowest BCUT2D eigenvalue weighted by atomic mass is 10.1. The highest BCUT2D eigenvalue weighted by Gasteiger charge is 2.08. The first kappa shape index (κ1) is 19.9. The Bertz CT molecular complexity index is 732. The molecule has 0 unspecified atom stereocenters. The maximum atomic E-state index is 12.1. The fourth-order valence-corrected chi connectivity index (χ4v) is 3.11. The van der Waals surface area contributed by atoms with E-state index in [2.05, 4.69) is 12.0 Å². The number of H-pyrrole nitrogens is 1. The van der Waals surface area contributed by atoms with Gasteiger partial charge in [-0.2, -0.15) is 0 Å². The molecule has 0 bridgehead atoms. The van der Waals surface area contributed by atoms with Crippen LogP contribution in [0, 0.1) is 10.1 Å². The number of unbranched alkanes of at least 4 members (excludes halogenated alkanes) is 8.